The van der Waals surface area contributed by atoms with Crippen LogP contribution in [0.3, 0.4) is 0 Å². The lowest BCUT2D eigenvalue weighted by Gasteiger charge is -2.22. The van der Waals surface area contributed by atoms with Gasteiger partial charge in [-0.3, -0.25) is 4.98 Å². The van der Waals surface area contributed by atoms with Crippen molar-refractivity contribution in [3.63, 3.8) is 0 Å². The van der Waals surface area contributed by atoms with Crippen LogP contribution in [0.15, 0.2) is 40.9 Å². The van der Waals surface area contributed by atoms with Gasteiger partial charge in [0.1, 0.15) is 16.5 Å². The number of halogens is 2. The Kier molecular flexibility index (Phi) is 4.35. The van der Waals surface area contributed by atoms with Gasteiger partial charge in [0, 0.05) is 18.0 Å². The molecule has 0 N–H and O–H groups in total. The number of hydrogen-bond acceptors (Lipinski definition) is 5. The van der Waals surface area contributed by atoms with Crippen molar-refractivity contribution in [1.82, 2.24) is 4.98 Å². The summed E-state index contributed by atoms with van der Waals surface area (Å²) >= 11 is 1.44. The molecule has 8 heteroatoms. The van der Waals surface area contributed by atoms with E-state index in [1.807, 2.05) is 17.9 Å². The van der Waals surface area contributed by atoms with Crippen molar-refractivity contribution < 1.29 is 17.2 Å². The summed E-state index contributed by atoms with van der Waals surface area (Å²) in [5.74, 6) is -1.21. The zero-order valence-electron chi connectivity index (χ0n) is 13.0. The van der Waals surface area contributed by atoms with E-state index in [-0.39, 0.29) is 5.56 Å². The van der Waals surface area contributed by atoms with Gasteiger partial charge in [-0.05, 0) is 36.1 Å². The number of anilines is 1. The third-order valence-electron chi connectivity index (χ3n) is 3.56. The molecule has 0 radical (unpaired) electrons. The van der Waals surface area contributed by atoms with Gasteiger partial charge in [-0.2, -0.15) is 0 Å². The fourth-order valence-electron chi connectivity index (χ4n) is 2.44. The van der Waals surface area contributed by atoms with Gasteiger partial charge in [0.05, 0.1) is 23.5 Å². The minimum Gasteiger partial charge on any atom is -0.329 e. The number of pyridine rings is 1. The van der Waals surface area contributed by atoms with Gasteiger partial charge in [0.15, 0.2) is 9.84 Å². The Morgan fingerprint density at radius 1 is 1.17 bits per heavy atom. The molecular formula is C16H14F2N2O2S2. The summed E-state index contributed by atoms with van der Waals surface area (Å²) in [6.45, 7) is 1.89. The van der Waals surface area contributed by atoms with Crippen LogP contribution in [0, 0.1) is 18.6 Å². The van der Waals surface area contributed by atoms with Crippen molar-refractivity contribution in [2.24, 2.45) is 0 Å². The van der Waals surface area contributed by atoms with E-state index in [2.05, 4.69) is 4.98 Å². The van der Waals surface area contributed by atoms with Gasteiger partial charge in [-0.15, -0.1) is 11.8 Å². The van der Waals surface area contributed by atoms with Crippen LogP contribution < -0.4 is 4.90 Å². The molecule has 1 aliphatic heterocycles. The van der Waals surface area contributed by atoms with Crippen molar-refractivity contribution in [2.75, 3.05) is 17.0 Å². The molecule has 4 nitrogen and oxygen atoms in total. The molecule has 0 amide bonds. The van der Waals surface area contributed by atoms with Crippen molar-refractivity contribution in [1.29, 1.82) is 0 Å². The molecule has 24 heavy (non-hydrogen) atoms. The fraction of sp³-hybridized carbons (Fsp3) is 0.188. The lowest BCUT2D eigenvalue weighted by molar-refractivity contribution is 0.554. The number of rotatable bonds is 3. The molecule has 0 atom stereocenters. The summed E-state index contributed by atoms with van der Waals surface area (Å²) in [6, 6.07) is 3.56. The lowest BCUT2D eigenvalue weighted by atomic mass is 10.1. The van der Waals surface area contributed by atoms with Gasteiger partial charge in [-0.1, -0.05) is 0 Å². The topological polar surface area (TPSA) is 50.3 Å². The number of hydrogen-bond donors (Lipinski definition) is 0. The Labute approximate surface area is 143 Å². The normalized spacial score (nSPS) is 14.8. The van der Waals surface area contributed by atoms with Gasteiger partial charge in [0.2, 0.25) is 0 Å². The SMILES string of the molecule is Cc1cncc(N2CSC=C2c2cc(F)c(S(C)(=O)=O)cc2F)c1. The quantitative estimate of drug-likeness (QED) is 0.829. The summed E-state index contributed by atoms with van der Waals surface area (Å²) in [7, 11) is -3.83. The van der Waals surface area contributed by atoms with Crippen molar-refractivity contribution in [2.45, 2.75) is 11.8 Å². The second-order valence-corrected chi connectivity index (χ2v) is 8.29. The molecule has 1 aliphatic rings. The molecule has 0 unspecified atom stereocenters. The van der Waals surface area contributed by atoms with Crippen LogP contribution in [0.25, 0.3) is 5.70 Å². The Bertz CT molecular complexity index is 943. The molecule has 1 aromatic carbocycles. The Morgan fingerprint density at radius 2 is 1.92 bits per heavy atom. The third-order valence-corrected chi connectivity index (χ3v) is 5.47. The summed E-state index contributed by atoms with van der Waals surface area (Å²) < 4.78 is 51.7. The summed E-state index contributed by atoms with van der Waals surface area (Å²) in [4.78, 5) is 5.29. The third kappa shape index (κ3) is 3.16. The Hall–Kier alpha value is -1.93. The molecule has 0 aliphatic carbocycles. The molecule has 2 aromatic rings. The maximum atomic E-state index is 14.5. The minimum absolute atomic E-state index is 0.0198. The molecule has 2 heterocycles. The number of benzene rings is 1. The maximum Gasteiger partial charge on any atom is 0.178 e. The van der Waals surface area contributed by atoms with Crippen LogP contribution in [-0.2, 0) is 9.84 Å². The van der Waals surface area contributed by atoms with Crippen molar-refractivity contribution in [3.8, 4) is 0 Å². The number of thioether (sulfide) groups is 1. The van der Waals surface area contributed by atoms with Crippen molar-refractivity contribution >= 4 is 33.0 Å². The highest BCUT2D eigenvalue weighted by Crippen LogP contribution is 2.37. The molecule has 1 aromatic heterocycles. The highest BCUT2D eigenvalue weighted by molar-refractivity contribution is 8.02. The van der Waals surface area contributed by atoms with Gasteiger partial charge < -0.3 is 4.90 Å². The molecular weight excluding hydrogens is 354 g/mol. The van der Waals surface area contributed by atoms with E-state index >= 15 is 0 Å². The van der Waals surface area contributed by atoms with E-state index in [4.69, 9.17) is 0 Å². The van der Waals surface area contributed by atoms with E-state index in [1.54, 1.807) is 17.8 Å². The molecule has 0 fully saturated rings. The van der Waals surface area contributed by atoms with Crippen LogP contribution in [0.5, 0.6) is 0 Å². The van der Waals surface area contributed by atoms with Crippen LogP contribution >= 0.6 is 11.8 Å². The predicted octanol–water partition coefficient (Wildman–Crippen LogP) is 3.58. The average molecular weight is 368 g/mol. The van der Waals surface area contributed by atoms with E-state index in [0.29, 0.717) is 11.6 Å². The smallest absolute Gasteiger partial charge is 0.178 e. The standard InChI is InChI=1S/C16H14F2N2O2S2/c1-10-3-11(7-19-6-10)20-9-23-8-15(20)12-4-14(18)16(5-13(12)17)24(2,21)22/h3-8H,9H2,1-2H3. The first-order valence-corrected chi connectivity index (χ1v) is 9.92. The zero-order chi connectivity index (χ0) is 17.5. The average Bonchev–Trinajstić information content (AvgIpc) is 2.97. The highest BCUT2D eigenvalue weighted by Gasteiger charge is 2.25. The molecule has 0 saturated heterocycles. The van der Waals surface area contributed by atoms with Crippen LogP contribution in [0.1, 0.15) is 11.1 Å². The maximum absolute atomic E-state index is 14.5. The number of aromatic nitrogens is 1. The Morgan fingerprint density at radius 3 is 2.58 bits per heavy atom. The van der Waals surface area contributed by atoms with Crippen LogP contribution in [0.2, 0.25) is 0 Å². The number of aryl methyl sites for hydroxylation is 1. The second kappa shape index (κ2) is 6.18. The minimum atomic E-state index is -3.83. The van der Waals surface area contributed by atoms with Crippen molar-refractivity contribution in [3.05, 3.63) is 58.8 Å². The summed E-state index contributed by atoms with van der Waals surface area (Å²) in [5.41, 5.74) is 2.20. The molecule has 3 rings (SSSR count). The van der Waals surface area contributed by atoms with Gasteiger partial charge in [-0.25, -0.2) is 17.2 Å². The predicted molar refractivity (Wildman–Crippen MR) is 91.4 cm³/mol. The first kappa shape index (κ1) is 16.9. The zero-order valence-corrected chi connectivity index (χ0v) is 14.6. The van der Waals surface area contributed by atoms with Gasteiger partial charge in [0.25, 0.3) is 0 Å². The molecule has 0 spiro atoms. The largest absolute Gasteiger partial charge is 0.329 e. The molecule has 0 saturated carbocycles. The number of sulfone groups is 1. The fourth-order valence-corrected chi connectivity index (χ4v) is 4.10. The van der Waals surface area contributed by atoms with E-state index in [1.165, 1.54) is 11.8 Å². The monoisotopic (exact) mass is 368 g/mol. The molecule has 126 valence electrons. The van der Waals surface area contributed by atoms with E-state index in [9.17, 15) is 17.2 Å². The second-order valence-electron chi connectivity index (χ2n) is 5.48. The summed E-state index contributed by atoms with van der Waals surface area (Å²) in [6.07, 6.45) is 4.20. The first-order chi connectivity index (χ1) is 11.3. The summed E-state index contributed by atoms with van der Waals surface area (Å²) in [5, 5.41) is 1.72. The van der Waals surface area contributed by atoms with E-state index < -0.39 is 26.4 Å². The van der Waals surface area contributed by atoms with Gasteiger partial charge >= 0.3 is 0 Å². The highest BCUT2D eigenvalue weighted by atomic mass is 32.2. The first-order valence-electron chi connectivity index (χ1n) is 6.98. The lowest BCUT2D eigenvalue weighted by Crippen LogP contribution is -2.18. The van der Waals surface area contributed by atoms with Crippen LogP contribution in [-0.4, -0.2) is 25.5 Å². The van der Waals surface area contributed by atoms with Crippen LogP contribution in [0.4, 0.5) is 14.5 Å². The molecule has 0 bridgehead atoms. The van der Waals surface area contributed by atoms with E-state index in [0.717, 1.165) is 29.6 Å². The number of nitrogens with zero attached hydrogens (tertiary/aromatic N) is 2. The Balaban J connectivity index is 2.07.